The molecule has 1 atom stereocenters. The molecule has 0 saturated carbocycles. The highest BCUT2D eigenvalue weighted by atomic mass is 79.9. The fraction of sp³-hybridized carbons (Fsp3) is 0.318. The van der Waals surface area contributed by atoms with E-state index in [-0.39, 0.29) is 11.8 Å². The number of benzene rings is 1. The summed E-state index contributed by atoms with van der Waals surface area (Å²) in [7, 11) is 0. The molecule has 0 N–H and O–H groups in total. The number of amides is 1. The third-order valence-electron chi connectivity index (χ3n) is 5.29. The molecule has 4 rings (SSSR count). The van der Waals surface area contributed by atoms with Crippen molar-refractivity contribution in [2.45, 2.75) is 32.7 Å². The third kappa shape index (κ3) is 3.61. The Hall–Kier alpha value is -2.47. The van der Waals surface area contributed by atoms with E-state index in [1.54, 1.807) is 16.7 Å². The van der Waals surface area contributed by atoms with Crippen LogP contribution in [-0.2, 0) is 11.3 Å². The number of likely N-dealkylation sites (tertiary alicyclic amines) is 1. The molecular formula is C22H22BrN3O2. The normalized spacial score (nSPS) is 16.9. The minimum Gasteiger partial charge on any atom is -0.338 e. The van der Waals surface area contributed by atoms with E-state index in [2.05, 4.69) is 27.8 Å². The number of nitrogens with zero attached hydrogens (tertiary/aromatic N) is 3. The molecule has 0 bridgehead atoms. The molecule has 1 unspecified atom stereocenters. The molecule has 0 radical (unpaired) electrons. The monoisotopic (exact) mass is 439 g/mol. The van der Waals surface area contributed by atoms with Gasteiger partial charge in [-0.1, -0.05) is 31.5 Å². The van der Waals surface area contributed by atoms with Gasteiger partial charge >= 0.3 is 0 Å². The van der Waals surface area contributed by atoms with Gasteiger partial charge in [-0.05, 0) is 58.1 Å². The van der Waals surface area contributed by atoms with Gasteiger partial charge in [0.2, 0.25) is 5.91 Å². The minimum atomic E-state index is -0.126. The van der Waals surface area contributed by atoms with Crippen LogP contribution in [-0.4, -0.2) is 32.8 Å². The molecule has 1 saturated heterocycles. The lowest BCUT2D eigenvalue weighted by Crippen LogP contribution is -2.24. The molecule has 1 aliphatic rings. The molecule has 144 valence electrons. The molecule has 5 nitrogen and oxygen atoms in total. The average Bonchev–Trinajstić information content (AvgIpc) is 3.22. The molecule has 2 aromatic heterocycles. The van der Waals surface area contributed by atoms with Gasteiger partial charge in [0.25, 0.3) is 5.91 Å². The number of carbonyl (C=O) groups is 2. The topological polar surface area (TPSA) is 55.2 Å². The highest BCUT2D eigenvalue weighted by Gasteiger charge is 2.30. The van der Waals surface area contributed by atoms with Gasteiger partial charge in [0.15, 0.2) is 0 Å². The Bertz CT molecular complexity index is 1030. The average molecular weight is 440 g/mol. The maximum absolute atomic E-state index is 13.1. The lowest BCUT2D eigenvalue weighted by Gasteiger charge is -2.16. The molecular weight excluding hydrogens is 418 g/mol. The Morgan fingerprint density at radius 2 is 2.00 bits per heavy atom. The first-order valence-electron chi connectivity index (χ1n) is 9.60. The lowest BCUT2D eigenvalue weighted by atomic mass is 10.0. The number of hydrogen-bond donors (Lipinski definition) is 0. The largest absolute Gasteiger partial charge is 0.338 e. The second-order valence-corrected chi connectivity index (χ2v) is 8.15. The summed E-state index contributed by atoms with van der Waals surface area (Å²) < 4.78 is 2.27. The summed E-state index contributed by atoms with van der Waals surface area (Å²) in [6, 6.07) is 13.0. The van der Waals surface area contributed by atoms with E-state index in [0.29, 0.717) is 34.7 Å². The summed E-state index contributed by atoms with van der Waals surface area (Å²) in [6.07, 6.45) is 4.62. The number of carbonyl (C=O) groups excluding carboxylic acids is 2. The van der Waals surface area contributed by atoms with Crippen molar-refractivity contribution in [3.63, 3.8) is 0 Å². The van der Waals surface area contributed by atoms with Crippen LogP contribution in [0.3, 0.4) is 0 Å². The number of aromatic nitrogens is 2. The standard InChI is InChI=1S/C22H22BrN3O2/c1-2-6-15-11-20(27)25(12-15)13-17-14-26(21-18(17)9-10-19(23)24-21)22(28)16-7-4-3-5-8-16/h3-5,7-10,14-15H,2,6,11-13H2,1H3. The quantitative estimate of drug-likeness (QED) is 0.544. The van der Waals surface area contributed by atoms with Crippen molar-refractivity contribution in [1.82, 2.24) is 14.5 Å². The summed E-state index contributed by atoms with van der Waals surface area (Å²) in [4.78, 5) is 31.9. The Morgan fingerprint density at radius 1 is 1.21 bits per heavy atom. The second-order valence-electron chi connectivity index (χ2n) is 7.33. The van der Waals surface area contributed by atoms with Crippen molar-refractivity contribution in [1.29, 1.82) is 0 Å². The van der Waals surface area contributed by atoms with Crippen molar-refractivity contribution < 1.29 is 9.59 Å². The zero-order valence-electron chi connectivity index (χ0n) is 15.8. The highest BCUT2D eigenvalue weighted by molar-refractivity contribution is 9.10. The molecule has 3 aromatic rings. The second kappa shape index (κ2) is 7.87. The first-order valence-corrected chi connectivity index (χ1v) is 10.4. The SMILES string of the molecule is CCCC1CC(=O)N(Cc2cn(C(=O)c3ccccc3)c3nc(Br)ccc23)C1. The van der Waals surface area contributed by atoms with Gasteiger partial charge in [-0.3, -0.25) is 14.2 Å². The van der Waals surface area contributed by atoms with Crippen LogP contribution < -0.4 is 0 Å². The number of fused-ring (bicyclic) bond motifs is 1. The fourth-order valence-corrected chi connectivity index (χ4v) is 4.26. The molecule has 1 amide bonds. The van der Waals surface area contributed by atoms with Crippen LogP contribution in [0.1, 0.15) is 42.1 Å². The maximum Gasteiger partial charge on any atom is 0.263 e. The molecule has 3 heterocycles. The van der Waals surface area contributed by atoms with Gasteiger partial charge < -0.3 is 4.90 Å². The van der Waals surface area contributed by atoms with E-state index < -0.39 is 0 Å². The van der Waals surface area contributed by atoms with Crippen molar-refractivity contribution >= 4 is 38.8 Å². The van der Waals surface area contributed by atoms with Gasteiger partial charge in [-0.15, -0.1) is 0 Å². The predicted molar refractivity (Wildman–Crippen MR) is 112 cm³/mol. The molecule has 0 aliphatic carbocycles. The summed E-state index contributed by atoms with van der Waals surface area (Å²) in [5, 5.41) is 0.902. The van der Waals surface area contributed by atoms with Crippen LogP contribution in [0.15, 0.2) is 53.3 Å². The molecule has 1 aliphatic heterocycles. The zero-order valence-corrected chi connectivity index (χ0v) is 17.4. The van der Waals surface area contributed by atoms with Crippen molar-refractivity contribution in [3.05, 3.63) is 64.4 Å². The third-order valence-corrected chi connectivity index (χ3v) is 5.73. The number of pyridine rings is 1. The number of hydrogen-bond acceptors (Lipinski definition) is 3. The van der Waals surface area contributed by atoms with Crippen LogP contribution in [0.4, 0.5) is 0 Å². The van der Waals surface area contributed by atoms with Gasteiger partial charge in [0, 0.05) is 36.7 Å². The van der Waals surface area contributed by atoms with Gasteiger partial charge in [-0.25, -0.2) is 4.98 Å². The predicted octanol–water partition coefficient (Wildman–Crippen LogP) is 4.64. The van der Waals surface area contributed by atoms with Crippen LogP contribution in [0, 0.1) is 5.92 Å². The summed E-state index contributed by atoms with van der Waals surface area (Å²) in [6.45, 7) is 3.45. The van der Waals surface area contributed by atoms with E-state index >= 15 is 0 Å². The zero-order chi connectivity index (χ0) is 19.7. The summed E-state index contributed by atoms with van der Waals surface area (Å²) in [5.74, 6) is 0.502. The first-order chi connectivity index (χ1) is 13.6. The smallest absolute Gasteiger partial charge is 0.263 e. The van der Waals surface area contributed by atoms with Gasteiger partial charge in [-0.2, -0.15) is 0 Å². The lowest BCUT2D eigenvalue weighted by molar-refractivity contribution is -0.128. The van der Waals surface area contributed by atoms with E-state index in [1.165, 1.54) is 0 Å². The summed E-state index contributed by atoms with van der Waals surface area (Å²) >= 11 is 3.40. The van der Waals surface area contributed by atoms with Crippen molar-refractivity contribution in [2.24, 2.45) is 5.92 Å². The Balaban J connectivity index is 1.70. The number of rotatable bonds is 5. The van der Waals surface area contributed by atoms with Crippen LogP contribution >= 0.6 is 15.9 Å². The summed E-state index contributed by atoms with van der Waals surface area (Å²) in [5.41, 5.74) is 2.16. The van der Waals surface area contributed by atoms with Crippen molar-refractivity contribution in [2.75, 3.05) is 6.54 Å². The van der Waals surface area contributed by atoms with E-state index in [9.17, 15) is 9.59 Å². The Kier molecular flexibility index (Phi) is 5.31. The molecule has 28 heavy (non-hydrogen) atoms. The van der Waals surface area contributed by atoms with Crippen LogP contribution in [0.2, 0.25) is 0 Å². The molecule has 1 aromatic carbocycles. The Morgan fingerprint density at radius 3 is 2.75 bits per heavy atom. The molecule has 6 heteroatoms. The highest BCUT2D eigenvalue weighted by Crippen LogP contribution is 2.28. The molecule has 0 spiro atoms. The van der Waals surface area contributed by atoms with Gasteiger partial charge in [0.05, 0.1) is 0 Å². The molecule has 1 fully saturated rings. The number of halogens is 1. The van der Waals surface area contributed by atoms with Crippen molar-refractivity contribution in [3.8, 4) is 0 Å². The fourth-order valence-electron chi connectivity index (χ4n) is 3.96. The van der Waals surface area contributed by atoms with Crippen LogP contribution in [0.5, 0.6) is 0 Å². The first kappa shape index (κ1) is 18.9. The van der Waals surface area contributed by atoms with E-state index in [1.807, 2.05) is 41.4 Å². The van der Waals surface area contributed by atoms with E-state index in [4.69, 9.17) is 0 Å². The van der Waals surface area contributed by atoms with Crippen LogP contribution in [0.25, 0.3) is 11.0 Å². The minimum absolute atomic E-state index is 0.126. The van der Waals surface area contributed by atoms with E-state index in [0.717, 1.165) is 30.3 Å². The van der Waals surface area contributed by atoms with Gasteiger partial charge in [0.1, 0.15) is 10.3 Å². The Labute approximate surface area is 172 Å². The maximum atomic E-state index is 13.1.